The molecular formula is C20H21N5O5S. The molecule has 0 unspecified atom stereocenters. The number of nitrogens with zero attached hydrogens (tertiary/aromatic N) is 4. The van der Waals surface area contributed by atoms with Crippen LogP contribution in [0.2, 0.25) is 0 Å². The number of benzene rings is 1. The Morgan fingerprint density at radius 3 is 2.32 bits per heavy atom. The van der Waals surface area contributed by atoms with Crippen LogP contribution in [0.1, 0.15) is 23.2 Å². The van der Waals surface area contributed by atoms with Gasteiger partial charge in [-0.15, -0.1) is 0 Å². The highest BCUT2D eigenvalue weighted by molar-refractivity contribution is 7.89. The quantitative estimate of drug-likeness (QED) is 0.632. The summed E-state index contributed by atoms with van der Waals surface area (Å²) in [6.45, 7) is 1.01. The predicted molar refractivity (Wildman–Crippen MR) is 115 cm³/mol. The summed E-state index contributed by atoms with van der Waals surface area (Å²) in [5.74, 6) is -0.479. The van der Waals surface area contributed by atoms with Gasteiger partial charge in [0, 0.05) is 32.7 Å². The summed E-state index contributed by atoms with van der Waals surface area (Å²) in [7, 11) is -0.679. The molecule has 10 nitrogen and oxygen atoms in total. The number of rotatable bonds is 4. The lowest BCUT2D eigenvalue weighted by Crippen LogP contribution is -2.37. The molecule has 1 aliphatic rings. The number of hydrogen-bond donors (Lipinski definition) is 1. The van der Waals surface area contributed by atoms with Crippen molar-refractivity contribution < 1.29 is 13.2 Å². The first-order chi connectivity index (χ1) is 14.7. The second kappa shape index (κ2) is 7.75. The van der Waals surface area contributed by atoms with E-state index in [2.05, 4.69) is 10.3 Å². The molecule has 1 fully saturated rings. The maximum atomic E-state index is 12.6. The minimum absolute atomic E-state index is 0.141. The van der Waals surface area contributed by atoms with Crippen LogP contribution in [0.4, 0.5) is 5.69 Å². The highest BCUT2D eigenvalue weighted by atomic mass is 32.2. The summed E-state index contributed by atoms with van der Waals surface area (Å²) in [5, 5.41) is 2.84. The number of sulfonamides is 1. The number of nitrogens with one attached hydrogen (secondary N) is 1. The highest BCUT2D eigenvalue weighted by Crippen LogP contribution is 2.21. The van der Waals surface area contributed by atoms with Crippen LogP contribution in [0.25, 0.3) is 11.0 Å². The third-order valence-corrected chi connectivity index (χ3v) is 7.28. The lowest BCUT2D eigenvalue weighted by atomic mass is 10.2. The monoisotopic (exact) mass is 443 g/mol. The Bertz CT molecular complexity index is 1400. The van der Waals surface area contributed by atoms with Gasteiger partial charge in [0.05, 0.1) is 22.2 Å². The largest absolute Gasteiger partial charge is 0.332 e. The Kier molecular flexibility index (Phi) is 5.23. The molecule has 162 valence electrons. The number of aromatic nitrogens is 3. The molecule has 11 heteroatoms. The maximum Gasteiger partial charge on any atom is 0.332 e. The van der Waals surface area contributed by atoms with Gasteiger partial charge in [-0.2, -0.15) is 4.31 Å². The number of carbonyl (C=O) groups is 1. The number of hydrogen-bond acceptors (Lipinski definition) is 6. The van der Waals surface area contributed by atoms with Gasteiger partial charge in [-0.25, -0.2) is 18.2 Å². The molecule has 0 radical (unpaired) electrons. The second-order valence-corrected chi connectivity index (χ2v) is 9.33. The molecule has 2 aromatic heterocycles. The van der Waals surface area contributed by atoms with Crippen molar-refractivity contribution in [1.29, 1.82) is 0 Å². The number of anilines is 1. The number of carbonyl (C=O) groups excluding carboxylic acids is 1. The first-order valence-electron chi connectivity index (χ1n) is 9.67. The van der Waals surface area contributed by atoms with Crippen LogP contribution in [-0.4, -0.2) is 45.8 Å². The summed E-state index contributed by atoms with van der Waals surface area (Å²) in [5.41, 5.74) is -0.262. The molecular weight excluding hydrogens is 422 g/mol. The molecule has 4 rings (SSSR count). The zero-order valence-corrected chi connectivity index (χ0v) is 17.8. The van der Waals surface area contributed by atoms with Gasteiger partial charge in [0.1, 0.15) is 5.65 Å². The molecule has 1 aliphatic heterocycles. The Balaban J connectivity index is 1.59. The Hall–Kier alpha value is -3.31. The van der Waals surface area contributed by atoms with E-state index in [9.17, 15) is 22.8 Å². The minimum Gasteiger partial charge on any atom is -0.321 e. The van der Waals surface area contributed by atoms with Crippen LogP contribution in [0.3, 0.4) is 0 Å². The van der Waals surface area contributed by atoms with Crippen LogP contribution in [0.15, 0.2) is 51.0 Å². The van der Waals surface area contributed by atoms with Crippen LogP contribution < -0.4 is 16.6 Å². The highest BCUT2D eigenvalue weighted by Gasteiger charge is 2.27. The van der Waals surface area contributed by atoms with E-state index in [-0.39, 0.29) is 27.2 Å². The molecule has 3 heterocycles. The molecule has 1 aromatic carbocycles. The second-order valence-electron chi connectivity index (χ2n) is 7.39. The fourth-order valence-corrected chi connectivity index (χ4v) is 5.11. The van der Waals surface area contributed by atoms with Crippen LogP contribution in [0, 0.1) is 0 Å². The summed E-state index contributed by atoms with van der Waals surface area (Å²) >= 11 is 0. The summed E-state index contributed by atoms with van der Waals surface area (Å²) in [6, 6.07) is 7.15. The third kappa shape index (κ3) is 3.66. The molecule has 1 amide bonds. The fourth-order valence-electron chi connectivity index (χ4n) is 3.59. The maximum absolute atomic E-state index is 12.6. The molecule has 0 spiro atoms. The van der Waals surface area contributed by atoms with E-state index in [1.807, 2.05) is 0 Å². The van der Waals surface area contributed by atoms with Crippen molar-refractivity contribution in [2.75, 3.05) is 18.4 Å². The molecule has 31 heavy (non-hydrogen) atoms. The van der Waals surface area contributed by atoms with Crippen LogP contribution >= 0.6 is 0 Å². The standard InChI is InChI=1S/C20H21N5O5S/c1-23-17-16(19(27)24(2)20(23)28)11-14(12-21-17)22-18(26)13-5-7-15(8-6-13)31(29,30)25-9-3-4-10-25/h5-8,11-12H,3-4,9-10H2,1-2H3,(H,22,26). The van der Waals surface area contributed by atoms with Gasteiger partial charge in [-0.3, -0.25) is 18.7 Å². The molecule has 0 saturated carbocycles. The smallest absolute Gasteiger partial charge is 0.321 e. The SMILES string of the molecule is Cn1c(=O)c2cc(NC(=O)c3ccc(S(=O)(=O)N4CCCC4)cc3)cnc2n(C)c1=O. The van der Waals surface area contributed by atoms with Crippen molar-refractivity contribution in [2.24, 2.45) is 14.1 Å². The van der Waals surface area contributed by atoms with Crippen molar-refractivity contribution in [1.82, 2.24) is 18.4 Å². The zero-order chi connectivity index (χ0) is 22.3. The number of fused-ring (bicyclic) bond motifs is 1. The summed E-state index contributed by atoms with van der Waals surface area (Å²) in [4.78, 5) is 41.3. The molecule has 0 aliphatic carbocycles. The third-order valence-electron chi connectivity index (χ3n) is 5.37. The fraction of sp³-hybridized carbons (Fsp3) is 0.300. The Labute approximate surface area is 177 Å². The van der Waals surface area contributed by atoms with Gasteiger partial charge in [-0.1, -0.05) is 0 Å². The first kappa shape index (κ1) is 20.9. The minimum atomic E-state index is -3.55. The lowest BCUT2D eigenvalue weighted by molar-refractivity contribution is 0.102. The zero-order valence-electron chi connectivity index (χ0n) is 17.0. The van der Waals surface area contributed by atoms with Crippen molar-refractivity contribution in [2.45, 2.75) is 17.7 Å². The average molecular weight is 443 g/mol. The van der Waals surface area contributed by atoms with E-state index < -0.39 is 27.2 Å². The topological polar surface area (TPSA) is 123 Å². The van der Waals surface area contributed by atoms with Crippen molar-refractivity contribution in [3.05, 3.63) is 62.9 Å². The molecule has 1 saturated heterocycles. The number of amides is 1. The summed E-state index contributed by atoms with van der Waals surface area (Å²) in [6.07, 6.45) is 3.04. The normalized spacial score (nSPS) is 14.8. The molecule has 0 atom stereocenters. The number of aryl methyl sites for hydroxylation is 1. The van der Waals surface area contributed by atoms with Gasteiger partial charge < -0.3 is 5.32 Å². The first-order valence-corrected chi connectivity index (χ1v) is 11.1. The van der Waals surface area contributed by atoms with Crippen molar-refractivity contribution >= 4 is 32.7 Å². The van der Waals surface area contributed by atoms with Crippen molar-refractivity contribution in [3.8, 4) is 0 Å². The van der Waals surface area contributed by atoms with E-state index in [1.165, 1.54) is 59.5 Å². The van der Waals surface area contributed by atoms with Crippen LogP contribution in [-0.2, 0) is 24.1 Å². The van der Waals surface area contributed by atoms with E-state index in [0.29, 0.717) is 13.1 Å². The van der Waals surface area contributed by atoms with Gasteiger partial charge >= 0.3 is 5.69 Å². The summed E-state index contributed by atoms with van der Waals surface area (Å²) < 4.78 is 28.9. The van der Waals surface area contributed by atoms with E-state index >= 15 is 0 Å². The molecule has 3 aromatic rings. The predicted octanol–water partition coefficient (Wildman–Crippen LogP) is 0.669. The van der Waals surface area contributed by atoms with Gasteiger partial charge in [0.25, 0.3) is 11.5 Å². The van der Waals surface area contributed by atoms with Gasteiger partial charge in [-0.05, 0) is 43.2 Å². The Morgan fingerprint density at radius 2 is 1.68 bits per heavy atom. The average Bonchev–Trinajstić information content (AvgIpc) is 3.32. The van der Waals surface area contributed by atoms with Crippen molar-refractivity contribution in [3.63, 3.8) is 0 Å². The van der Waals surface area contributed by atoms with E-state index in [1.54, 1.807) is 0 Å². The molecule has 0 bridgehead atoms. The van der Waals surface area contributed by atoms with Gasteiger partial charge in [0.2, 0.25) is 10.0 Å². The molecule has 1 N–H and O–H groups in total. The van der Waals surface area contributed by atoms with Crippen LogP contribution in [0.5, 0.6) is 0 Å². The van der Waals surface area contributed by atoms with E-state index in [0.717, 1.165) is 17.4 Å². The number of pyridine rings is 1. The Morgan fingerprint density at radius 1 is 1.03 bits per heavy atom. The van der Waals surface area contributed by atoms with Gasteiger partial charge in [0.15, 0.2) is 0 Å². The lowest BCUT2D eigenvalue weighted by Gasteiger charge is -2.15. The van der Waals surface area contributed by atoms with E-state index in [4.69, 9.17) is 0 Å².